The minimum Gasteiger partial charge on any atom is -0.454 e. The molecule has 138 valence electrons. The number of hydrogen-bond acceptors (Lipinski definition) is 6. The third kappa shape index (κ3) is 3.21. The molecule has 0 bridgehead atoms. The molecule has 1 aliphatic rings. The molecule has 0 atom stereocenters. The van der Waals surface area contributed by atoms with Crippen LogP contribution in [0.25, 0.3) is 20.8 Å². The number of amides is 2. The summed E-state index contributed by atoms with van der Waals surface area (Å²) in [7, 11) is 0. The van der Waals surface area contributed by atoms with Gasteiger partial charge >= 0.3 is 6.03 Å². The number of aromatic nitrogens is 2. The number of nitrogens with one attached hydrogen (secondary N) is 2. The van der Waals surface area contributed by atoms with Crippen molar-refractivity contribution in [3.63, 3.8) is 0 Å². The molecule has 7 nitrogen and oxygen atoms in total. The number of pyridine rings is 1. The molecule has 4 aromatic rings. The van der Waals surface area contributed by atoms with Gasteiger partial charge < -0.3 is 20.1 Å². The number of anilines is 2. The third-order valence-electron chi connectivity index (χ3n) is 4.19. The van der Waals surface area contributed by atoms with Gasteiger partial charge in [-0.15, -0.1) is 11.3 Å². The predicted octanol–water partition coefficient (Wildman–Crippen LogP) is 4.73. The summed E-state index contributed by atoms with van der Waals surface area (Å²) in [6.07, 6.45) is 3.53. The van der Waals surface area contributed by atoms with Gasteiger partial charge in [0.25, 0.3) is 0 Å². The second-order valence-corrected chi connectivity index (χ2v) is 7.12. The van der Waals surface area contributed by atoms with Crippen molar-refractivity contribution in [2.45, 2.75) is 0 Å². The SMILES string of the molecule is O=C(Nc1cccc(-c2nc3ccncc3s2)c1)Nc1ccc2c(c1)OCO2. The van der Waals surface area contributed by atoms with Crippen LogP contribution in [0.4, 0.5) is 16.2 Å². The summed E-state index contributed by atoms with van der Waals surface area (Å²) < 4.78 is 11.6. The van der Waals surface area contributed by atoms with E-state index in [4.69, 9.17) is 9.47 Å². The molecule has 2 aromatic carbocycles. The van der Waals surface area contributed by atoms with Gasteiger partial charge in [0.1, 0.15) is 5.01 Å². The monoisotopic (exact) mass is 390 g/mol. The van der Waals surface area contributed by atoms with E-state index in [0.717, 1.165) is 20.8 Å². The van der Waals surface area contributed by atoms with E-state index >= 15 is 0 Å². The van der Waals surface area contributed by atoms with Crippen LogP contribution >= 0.6 is 11.3 Å². The van der Waals surface area contributed by atoms with Crippen LogP contribution in [-0.4, -0.2) is 22.8 Å². The number of urea groups is 1. The lowest BCUT2D eigenvalue weighted by molar-refractivity contribution is 0.174. The van der Waals surface area contributed by atoms with Gasteiger partial charge in [-0.2, -0.15) is 0 Å². The minimum absolute atomic E-state index is 0.194. The molecule has 28 heavy (non-hydrogen) atoms. The number of thiazole rings is 1. The van der Waals surface area contributed by atoms with Crippen molar-refractivity contribution < 1.29 is 14.3 Å². The van der Waals surface area contributed by atoms with Gasteiger partial charge in [-0.3, -0.25) is 4.98 Å². The fourth-order valence-corrected chi connectivity index (χ4v) is 3.83. The molecule has 2 N–H and O–H groups in total. The van der Waals surface area contributed by atoms with Crippen molar-refractivity contribution in [2.24, 2.45) is 0 Å². The summed E-state index contributed by atoms with van der Waals surface area (Å²) in [5.74, 6) is 1.29. The van der Waals surface area contributed by atoms with Crippen LogP contribution in [0.1, 0.15) is 0 Å². The first kappa shape index (κ1) is 16.5. The smallest absolute Gasteiger partial charge is 0.323 e. The standard InChI is InChI=1S/C20H14N4O3S/c25-20(23-14-4-5-16-17(9-14)27-11-26-16)22-13-3-1-2-12(8-13)19-24-15-6-7-21-10-18(15)28-19/h1-10H,11H2,(H2,22,23,25). The highest BCUT2D eigenvalue weighted by Gasteiger charge is 2.14. The van der Waals surface area contributed by atoms with E-state index in [1.165, 1.54) is 0 Å². The van der Waals surface area contributed by atoms with Gasteiger partial charge in [0.15, 0.2) is 11.5 Å². The Labute approximate surface area is 164 Å². The molecule has 0 aliphatic carbocycles. The van der Waals surface area contributed by atoms with Gasteiger partial charge in [-0.05, 0) is 30.3 Å². The molecular formula is C20H14N4O3S. The number of carbonyl (C=O) groups excluding carboxylic acids is 1. The Morgan fingerprint density at radius 2 is 1.86 bits per heavy atom. The molecule has 0 spiro atoms. The van der Waals surface area contributed by atoms with Gasteiger partial charge in [0.2, 0.25) is 6.79 Å². The van der Waals surface area contributed by atoms with Crippen LogP contribution in [-0.2, 0) is 0 Å². The van der Waals surface area contributed by atoms with Crippen LogP contribution in [0.5, 0.6) is 11.5 Å². The fourth-order valence-electron chi connectivity index (χ4n) is 2.90. The first-order valence-electron chi connectivity index (χ1n) is 8.53. The number of nitrogens with zero attached hydrogens (tertiary/aromatic N) is 2. The van der Waals surface area contributed by atoms with Gasteiger partial charge in [-0.1, -0.05) is 12.1 Å². The van der Waals surface area contributed by atoms with Crippen molar-refractivity contribution >= 4 is 39.0 Å². The van der Waals surface area contributed by atoms with Crippen LogP contribution in [0, 0.1) is 0 Å². The molecule has 2 aromatic heterocycles. The van der Waals surface area contributed by atoms with Crippen molar-refractivity contribution in [3.8, 4) is 22.1 Å². The predicted molar refractivity (Wildman–Crippen MR) is 108 cm³/mol. The first-order chi connectivity index (χ1) is 13.7. The number of fused-ring (bicyclic) bond motifs is 2. The lowest BCUT2D eigenvalue weighted by Gasteiger charge is -2.09. The zero-order valence-corrected chi connectivity index (χ0v) is 15.3. The minimum atomic E-state index is -0.343. The summed E-state index contributed by atoms with van der Waals surface area (Å²) >= 11 is 1.56. The highest BCUT2D eigenvalue weighted by molar-refractivity contribution is 7.21. The average molecular weight is 390 g/mol. The quantitative estimate of drug-likeness (QED) is 0.528. The fraction of sp³-hybridized carbons (Fsp3) is 0.0500. The molecule has 0 saturated heterocycles. The van der Waals surface area contributed by atoms with Crippen LogP contribution < -0.4 is 20.1 Å². The number of carbonyl (C=O) groups is 1. The maximum absolute atomic E-state index is 12.4. The average Bonchev–Trinajstić information content (AvgIpc) is 3.34. The Bertz CT molecular complexity index is 1160. The third-order valence-corrected chi connectivity index (χ3v) is 5.24. The number of rotatable bonds is 3. The second kappa shape index (κ2) is 6.82. The Kier molecular flexibility index (Phi) is 4.02. The molecule has 5 rings (SSSR count). The zero-order chi connectivity index (χ0) is 18.9. The van der Waals surface area contributed by atoms with E-state index in [9.17, 15) is 4.79 Å². The highest BCUT2D eigenvalue weighted by atomic mass is 32.1. The topological polar surface area (TPSA) is 85.4 Å². The molecule has 0 unspecified atom stereocenters. The molecule has 3 heterocycles. The largest absolute Gasteiger partial charge is 0.454 e. The van der Waals surface area contributed by atoms with E-state index in [0.29, 0.717) is 22.9 Å². The molecule has 8 heteroatoms. The Hall–Kier alpha value is -3.65. The number of benzene rings is 2. The Morgan fingerprint density at radius 1 is 1.00 bits per heavy atom. The first-order valence-corrected chi connectivity index (χ1v) is 9.35. The lowest BCUT2D eigenvalue weighted by atomic mass is 10.2. The maximum Gasteiger partial charge on any atom is 0.323 e. The molecule has 1 aliphatic heterocycles. The van der Waals surface area contributed by atoms with Gasteiger partial charge in [-0.25, -0.2) is 9.78 Å². The Balaban J connectivity index is 1.32. The van der Waals surface area contributed by atoms with E-state index in [1.54, 1.807) is 41.9 Å². The van der Waals surface area contributed by atoms with Crippen LogP contribution in [0.3, 0.4) is 0 Å². The molecular weight excluding hydrogens is 376 g/mol. The second-order valence-electron chi connectivity index (χ2n) is 6.09. The van der Waals surface area contributed by atoms with Crippen molar-refractivity contribution in [1.82, 2.24) is 9.97 Å². The normalized spacial score (nSPS) is 12.1. The molecule has 2 amide bonds. The summed E-state index contributed by atoms with van der Waals surface area (Å²) in [6, 6.07) is 14.4. The highest BCUT2D eigenvalue weighted by Crippen LogP contribution is 2.34. The Morgan fingerprint density at radius 3 is 2.75 bits per heavy atom. The summed E-state index contributed by atoms with van der Waals surface area (Å²) in [5, 5.41) is 6.52. The summed E-state index contributed by atoms with van der Waals surface area (Å²) in [4.78, 5) is 21.1. The van der Waals surface area contributed by atoms with Gasteiger partial charge in [0, 0.05) is 35.4 Å². The zero-order valence-electron chi connectivity index (χ0n) is 14.5. The van der Waals surface area contributed by atoms with E-state index in [-0.39, 0.29) is 12.8 Å². The summed E-state index contributed by atoms with van der Waals surface area (Å²) in [6.45, 7) is 0.194. The number of hydrogen-bond donors (Lipinski definition) is 2. The van der Waals surface area contributed by atoms with Crippen molar-refractivity contribution in [2.75, 3.05) is 17.4 Å². The van der Waals surface area contributed by atoms with Gasteiger partial charge in [0.05, 0.1) is 10.2 Å². The van der Waals surface area contributed by atoms with E-state index < -0.39 is 0 Å². The van der Waals surface area contributed by atoms with E-state index in [2.05, 4.69) is 20.6 Å². The van der Waals surface area contributed by atoms with Crippen molar-refractivity contribution in [1.29, 1.82) is 0 Å². The molecule has 0 saturated carbocycles. The summed E-state index contributed by atoms with van der Waals surface area (Å²) in [5.41, 5.74) is 3.14. The van der Waals surface area contributed by atoms with E-state index in [1.807, 2.05) is 30.3 Å². The van der Waals surface area contributed by atoms with Crippen molar-refractivity contribution in [3.05, 3.63) is 60.9 Å². The number of ether oxygens (including phenoxy) is 2. The maximum atomic E-state index is 12.4. The molecule has 0 fully saturated rings. The van der Waals surface area contributed by atoms with Crippen LogP contribution in [0.15, 0.2) is 60.9 Å². The molecule has 0 radical (unpaired) electrons. The lowest BCUT2D eigenvalue weighted by Crippen LogP contribution is -2.19. The van der Waals surface area contributed by atoms with Crippen LogP contribution in [0.2, 0.25) is 0 Å².